The van der Waals surface area contributed by atoms with Crippen LogP contribution < -0.4 is 4.72 Å². The fourth-order valence-corrected chi connectivity index (χ4v) is 2.14. The van der Waals surface area contributed by atoms with Gasteiger partial charge in [-0.25, -0.2) is 13.1 Å². The molecule has 17 heavy (non-hydrogen) atoms. The first-order valence-electron chi connectivity index (χ1n) is 6.01. The molecule has 1 aromatic carbocycles. The lowest BCUT2D eigenvalue weighted by atomic mass is 10.0. The van der Waals surface area contributed by atoms with Crippen molar-refractivity contribution in [3.63, 3.8) is 0 Å². The van der Waals surface area contributed by atoms with Gasteiger partial charge in [-0.05, 0) is 30.4 Å². The van der Waals surface area contributed by atoms with E-state index in [-0.39, 0.29) is 5.75 Å². The predicted octanol–water partition coefficient (Wildman–Crippen LogP) is 2.29. The molecule has 0 heterocycles. The highest BCUT2D eigenvalue weighted by Crippen LogP contribution is 2.14. The van der Waals surface area contributed by atoms with Gasteiger partial charge in [-0.15, -0.1) is 0 Å². The average molecular weight is 255 g/mol. The highest BCUT2D eigenvalue weighted by molar-refractivity contribution is 7.89. The molecule has 1 rings (SSSR count). The highest BCUT2D eigenvalue weighted by Gasteiger charge is 2.05. The van der Waals surface area contributed by atoms with Crippen LogP contribution in [-0.4, -0.2) is 20.7 Å². The van der Waals surface area contributed by atoms with E-state index in [1.807, 2.05) is 0 Å². The summed E-state index contributed by atoms with van der Waals surface area (Å²) < 4.78 is 25.0. The Morgan fingerprint density at radius 1 is 1.18 bits per heavy atom. The van der Waals surface area contributed by atoms with Crippen molar-refractivity contribution in [2.24, 2.45) is 0 Å². The largest absolute Gasteiger partial charge is 0.215 e. The van der Waals surface area contributed by atoms with Gasteiger partial charge in [0.2, 0.25) is 10.0 Å². The minimum atomic E-state index is -3.06. The molecule has 0 unspecified atom stereocenters. The molecule has 0 amide bonds. The van der Waals surface area contributed by atoms with Crippen molar-refractivity contribution in [2.75, 3.05) is 12.3 Å². The molecule has 0 aliphatic rings. The third-order valence-corrected chi connectivity index (χ3v) is 4.17. The molecular weight excluding hydrogens is 234 g/mol. The van der Waals surface area contributed by atoms with E-state index in [1.165, 1.54) is 5.56 Å². The van der Waals surface area contributed by atoms with Crippen LogP contribution in [0.3, 0.4) is 0 Å². The first-order valence-corrected chi connectivity index (χ1v) is 7.66. The highest BCUT2D eigenvalue weighted by atomic mass is 32.2. The van der Waals surface area contributed by atoms with Crippen molar-refractivity contribution in [3.8, 4) is 0 Å². The Bertz CT molecular complexity index is 435. The number of hydrogen-bond acceptors (Lipinski definition) is 2. The molecule has 0 saturated carbocycles. The van der Waals surface area contributed by atoms with Gasteiger partial charge >= 0.3 is 0 Å². The zero-order valence-corrected chi connectivity index (χ0v) is 11.5. The maximum atomic E-state index is 11.2. The van der Waals surface area contributed by atoms with E-state index in [0.717, 1.165) is 12.0 Å². The van der Waals surface area contributed by atoms with Gasteiger partial charge in [0.15, 0.2) is 0 Å². The van der Waals surface area contributed by atoms with E-state index in [4.69, 9.17) is 0 Å². The Labute approximate surface area is 104 Å². The molecule has 0 aromatic heterocycles. The Kier molecular flexibility index (Phi) is 5.15. The molecule has 0 bridgehead atoms. The number of nitrogens with one attached hydrogen (secondary N) is 1. The quantitative estimate of drug-likeness (QED) is 0.847. The third kappa shape index (κ3) is 4.88. The molecule has 1 N–H and O–H groups in total. The maximum Gasteiger partial charge on any atom is 0.211 e. The van der Waals surface area contributed by atoms with Crippen molar-refractivity contribution < 1.29 is 8.42 Å². The van der Waals surface area contributed by atoms with Crippen molar-refractivity contribution in [1.82, 2.24) is 4.72 Å². The smallest absolute Gasteiger partial charge is 0.211 e. The maximum absolute atomic E-state index is 11.2. The molecular formula is C13H21NO2S. The summed E-state index contributed by atoms with van der Waals surface area (Å²) in [6.07, 6.45) is 0.734. The topological polar surface area (TPSA) is 46.2 Å². The second kappa shape index (κ2) is 6.17. The third-order valence-electron chi connectivity index (χ3n) is 2.76. The van der Waals surface area contributed by atoms with Gasteiger partial charge in [0.05, 0.1) is 5.75 Å². The van der Waals surface area contributed by atoms with Crippen LogP contribution in [0.25, 0.3) is 0 Å². The Morgan fingerprint density at radius 3 is 2.24 bits per heavy atom. The number of hydrogen-bond donors (Lipinski definition) is 1. The van der Waals surface area contributed by atoms with Gasteiger partial charge in [-0.1, -0.05) is 38.1 Å². The van der Waals surface area contributed by atoms with E-state index < -0.39 is 10.0 Å². The van der Waals surface area contributed by atoms with Crippen LogP contribution in [0.2, 0.25) is 0 Å². The van der Waals surface area contributed by atoms with Gasteiger partial charge in [0, 0.05) is 6.54 Å². The van der Waals surface area contributed by atoms with E-state index in [1.54, 1.807) is 6.92 Å². The van der Waals surface area contributed by atoms with Crippen molar-refractivity contribution in [2.45, 2.75) is 33.1 Å². The lowest BCUT2D eigenvalue weighted by Gasteiger charge is -2.07. The monoisotopic (exact) mass is 255 g/mol. The van der Waals surface area contributed by atoms with Crippen LogP contribution in [0.4, 0.5) is 0 Å². The van der Waals surface area contributed by atoms with Gasteiger partial charge in [-0.3, -0.25) is 0 Å². The van der Waals surface area contributed by atoms with E-state index in [2.05, 4.69) is 42.8 Å². The van der Waals surface area contributed by atoms with Crippen LogP contribution in [0.1, 0.15) is 37.8 Å². The molecule has 0 aliphatic carbocycles. The first kappa shape index (κ1) is 14.2. The van der Waals surface area contributed by atoms with Crippen LogP contribution in [-0.2, 0) is 16.4 Å². The molecule has 0 aliphatic heterocycles. The van der Waals surface area contributed by atoms with Crippen LogP contribution in [0.15, 0.2) is 24.3 Å². The summed E-state index contributed by atoms with van der Waals surface area (Å²) in [5, 5.41) is 0. The fourth-order valence-electron chi connectivity index (χ4n) is 1.52. The minimum Gasteiger partial charge on any atom is -0.215 e. The van der Waals surface area contributed by atoms with Crippen molar-refractivity contribution in [3.05, 3.63) is 35.4 Å². The number of sulfonamides is 1. The molecule has 96 valence electrons. The van der Waals surface area contributed by atoms with Crippen LogP contribution >= 0.6 is 0 Å². The summed E-state index contributed by atoms with van der Waals surface area (Å²) in [4.78, 5) is 0. The van der Waals surface area contributed by atoms with E-state index >= 15 is 0 Å². The first-order chi connectivity index (χ1) is 7.94. The molecule has 0 spiro atoms. The Hall–Kier alpha value is -0.870. The molecule has 0 radical (unpaired) electrons. The normalized spacial score (nSPS) is 12.0. The standard InChI is InChI=1S/C13H21NO2S/c1-4-17(15,16)14-10-9-12-5-7-13(8-6-12)11(2)3/h5-8,11,14H,4,9-10H2,1-3H3. The van der Waals surface area contributed by atoms with Crippen LogP contribution in [0.5, 0.6) is 0 Å². The minimum absolute atomic E-state index is 0.138. The Balaban J connectivity index is 2.48. The summed E-state index contributed by atoms with van der Waals surface area (Å²) in [5.74, 6) is 0.668. The van der Waals surface area contributed by atoms with Gasteiger partial charge in [-0.2, -0.15) is 0 Å². The Morgan fingerprint density at radius 2 is 1.76 bits per heavy atom. The second-order valence-corrected chi connectivity index (χ2v) is 6.54. The average Bonchev–Trinajstić information content (AvgIpc) is 2.29. The van der Waals surface area contributed by atoms with Gasteiger partial charge in [0.1, 0.15) is 0 Å². The summed E-state index contributed by atoms with van der Waals surface area (Å²) >= 11 is 0. The summed E-state index contributed by atoms with van der Waals surface area (Å²) in [6.45, 7) is 6.42. The van der Waals surface area contributed by atoms with Crippen molar-refractivity contribution in [1.29, 1.82) is 0 Å². The molecule has 4 heteroatoms. The predicted molar refractivity (Wildman–Crippen MR) is 71.7 cm³/mol. The van der Waals surface area contributed by atoms with Crippen molar-refractivity contribution >= 4 is 10.0 Å². The number of rotatable bonds is 6. The van der Waals surface area contributed by atoms with Gasteiger partial charge in [0.25, 0.3) is 0 Å². The SMILES string of the molecule is CCS(=O)(=O)NCCc1ccc(C(C)C)cc1. The lowest BCUT2D eigenvalue weighted by Crippen LogP contribution is -2.27. The molecule has 3 nitrogen and oxygen atoms in total. The molecule has 0 saturated heterocycles. The number of benzene rings is 1. The summed E-state index contributed by atoms with van der Waals surface area (Å²) in [7, 11) is -3.06. The summed E-state index contributed by atoms with van der Waals surface area (Å²) in [5.41, 5.74) is 2.47. The van der Waals surface area contributed by atoms with Gasteiger partial charge < -0.3 is 0 Å². The zero-order chi connectivity index (χ0) is 12.9. The zero-order valence-electron chi connectivity index (χ0n) is 10.7. The van der Waals surface area contributed by atoms with E-state index in [9.17, 15) is 8.42 Å². The fraction of sp³-hybridized carbons (Fsp3) is 0.538. The second-order valence-electron chi connectivity index (χ2n) is 4.44. The molecule has 1 aromatic rings. The molecule has 0 fully saturated rings. The van der Waals surface area contributed by atoms with Crippen LogP contribution in [0, 0.1) is 0 Å². The molecule has 0 atom stereocenters. The summed E-state index contributed by atoms with van der Waals surface area (Å²) in [6, 6.07) is 8.34. The lowest BCUT2D eigenvalue weighted by molar-refractivity contribution is 0.583. The van der Waals surface area contributed by atoms with E-state index in [0.29, 0.717) is 12.5 Å².